The van der Waals surface area contributed by atoms with Gasteiger partial charge in [-0.25, -0.2) is 4.39 Å². The van der Waals surface area contributed by atoms with Gasteiger partial charge in [-0.3, -0.25) is 9.59 Å². The molecule has 2 aromatic carbocycles. The van der Waals surface area contributed by atoms with Gasteiger partial charge in [0.2, 0.25) is 5.91 Å². The summed E-state index contributed by atoms with van der Waals surface area (Å²) in [6.45, 7) is 0.449. The molecule has 1 fully saturated rings. The van der Waals surface area contributed by atoms with Crippen molar-refractivity contribution < 1.29 is 14.0 Å². The summed E-state index contributed by atoms with van der Waals surface area (Å²) in [6.07, 6.45) is 5.43. The molecule has 0 bridgehead atoms. The fourth-order valence-electron chi connectivity index (χ4n) is 3.23. The van der Waals surface area contributed by atoms with E-state index in [1.54, 1.807) is 36.4 Å². The maximum absolute atomic E-state index is 13.6. The second kappa shape index (κ2) is 8.61. The Hall–Kier alpha value is -2.69. The topological polar surface area (TPSA) is 58.2 Å². The molecule has 0 aliphatic heterocycles. The SMILES string of the molecule is O=C(Nc1ccccc1F)c1ccc(CNC(=O)C2CCCCC2)cc1. The average molecular weight is 354 g/mol. The molecule has 2 aromatic rings. The van der Waals surface area contributed by atoms with Crippen molar-refractivity contribution in [2.24, 2.45) is 5.92 Å². The Balaban J connectivity index is 1.53. The Kier molecular flexibility index (Phi) is 6.00. The van der Waals surface area contributed by atoms with Gasteiger partial charge < -0.3 is 10.6 Å². The lowest BCUT2D eigenvalue weighted by molar-refractivity contribution is -0.126. The van der Waals surface area contributed by atoms with Crippen molar-refractivity contribution in [3.05, 3.63) is 65.5 Å². The van der Waals surface area contributed by atoms with E-state index in [4.69, 9.17) is 0 Å². The molecule has 4 nitrogen and oxygen atoms in total. The van der Waals surface area contributed by atoms with Gasteiger partial charge in [0.25, 0.3) is 5.91 Å². The van der Waals surface area contributed by atoms with Gasteiger partial charge in [-0.15, -0.1) is 0 Å². The maximum Gasteiger partial charge on any atom is 0.255 e. The van der Waals surface area contributed by atoms with Gasteiger partial charge >= 0.3 is 0 Å². The van der Waals surface area contributed by atoms with E-state index in [1.807, 2.05) is 0 Å². The molecule has 1 saturated carbocycles. The number of benzene rings is 2. The normalized spacial score (nSPS) is 14.7. The predicted octanol–water partition coefficient (Wildman–Crippen LogP) is 4.27. The number of halogens is 1. The van der Waals surface area contributed by atoms with Crippen LogP contribution in [0.5, 0.6) is 0 Å². The quantitative estimate of drug-likeness (QED) is 0.842. The maximum atomic E-state index is 13.6. The van der Waals surface area contributed by atoms with E-state index in [-0.39, 0.29) is 23.4 Å². The largest absolute Gasteiger partial charge is 0.352 e. The fraction of sp³-hybridized carbons (Fsp3) is 0.333. The highest BCUT2D eigenvalue weighted by Crippen LogP contribution is 2.23. The Bertz CT molecular complexity index is 768. The Morgan fingerprint density at radius 1 is 0.962 bits per heavy atom. The Morgan fingerprint density at radius 2 is 1.65 bits per heavy atom. The molecule has 2 amide bonds. The smallest absolute Gasteiger partial charge is 0.255 e. The predicted molar refractivity (Wildman–Crippen MR) is 99.2 cm³/mol. The standard InChI is InChI=1S/C21H23FN2O2/c22-18-8-4-5-9-19(18)24-21(26)17-12-10-15(11-13-17)14-23-20(25)16-6-2-1-3-7-16/h4-5,8-13,16H,1-3,6-7,14H2,(H,23,25)(H,24,26). The van der Waals surface area contributed by atoms with Crippen molar-refractivity contribution in [3.8, 4) is 0 Å². The summed E-state index contributed by atoms with van der Waals surface area (Å²) in [5.74, 6) is -0.587. The van der Waals surface area contributed by atoms with Crippen LogP contribution in [0.4, 0.5) is 10.1 Å². The molecule has 0 heterocycles. The number of anilines is 1. The molecule has 0 unspecified atom stereocenters. The van der Waals surface area contributed by atoms with Crippen LogP contribution in [0.15, 0.2) is 48.5 Å². The van der Waals surface area contributed by atoms with Crippen LogP contribution in [-0.2, 0) is 11.3 Å². The first kappa shape index (κ1) is 18.1. The lowest BCUT2D eigenvalue weighted by atomic mass is 9.88. The molecule has 0 aromatic heterocycles. The van der Waals surface area contributed by atoms with Crippen LogP contribution >= 0.6 is 0 Å². The number of hydrogen-bond donors (Lipinski definition) is 2. The molecule has 1 aliphatic rings. The summed E-state index contributed by atoms with van der Waals surface area (Å²) < 4.78 is 13.6. The molecule has 2 N–H and O–H groups in total. The number of carbonyl (C=O) groups is 2. The molecule has 26 heavy (non-hydrogen) atoms. The first-order chi connectivity index (χ1) is 12.6. The van der Waals surface area contributed by atoms with E-state index in [2.05, 4.69) is 10.6 Å². The minimum absolute atomic E-state index is 0.117. The molecule has 1 aliphatic carbocycles. The van der Waals surface area contributed by atoms with Crippen LogP contribution < -0.4 is 10.6 Å². The van der Waals surface area contributed by atoms with Crippen LogP contribution in [0, 0.1) is 11.7 Å². The van der Waals surface area contributed by atoms with Gasteiger partial charge in [-0.05, 0) is 42.7 Å². The highest BCUT2D eigenvalue weighted by Gasteiger charge is 2.20. The molecular formula is C21H23FN2O2. The van der Waals surface area contributed by atoms with Crippen LogP contribution in [0.2, 0.25) is 0 Å². The van der Waals surface area contributed by atoms with Gasteiger partial charge in [0.1, 0.15) is 5.82 Å². The van der Waals surface area contributed by atoms with Crippen LogP contribution in [0.25, 0.3) is 0 Å². The number of para-hydroxylation sites is 1. The zero-order valence-electron chi connectivity index (χ0n) is 14.6. The Labute approximate surface area is 152 Å². The number of nitrogens with one attached hydrogen (secondary N) is 2. The van der Waals surface area contributed by atoms with E-state index >= 15 is 0 Å². The molecular weight excluding hydrogens is 331 g/mol. The van der Waals surface area contributed by atoms with E-state index in [9.17, 15) is 14.0 Å². The monoisotopic (exact) mass is 354 g/mol. The summed E-state index contributed by atoms with van der Waals surface area (Å²) in [5.41, 5.74) is 1.52. The molecule has 136 valence electrons. The molecule has 0 saturated heterocycles. The fourth-order valence-corrected chi connectivity index (χ4v) is 3.23. The van der Waals surface area contributed by atoms with Gasteiger partial charge in [-0.1, -0.05) is 43.5 Å². The summed E-state index contributed by atoms with van der Waals surface area (Å²) in [6, 6.07) is 13.0. The van der Waals surface area contributed by atoms with Crippen molar-refractivity contribution in [3.63, 3.8) is 0 Å². The van der Waals surface area contributed by atoms with Gasteiger partial charge in [0, 0.05) is 18.0 Å². The van der Waals surface area contributed by atoms with Crippen molar-refractivity contribution in [1.29, 1.82) is 0 Å². The number of carbonyl (C=O) groups excluding carboxylic acids is 2. The lowest BCUT2D eigenvalue weighted by Gasteiger charge is -2.20. The summed E-state index contributed by atoms with van der Waals surface area (Å²) >= 11 is 0. The molecule has 0 atom stereocenters. The Morgan fingerprint density at radius 3 is 2.35 bits per heavy atom. The highest BCUT2D eigenvalue weighted by molar-refractivity contribution is 6.04. The number of amides is 2. The molecule has 0 spiro atoms. The minimum Gasteiger partial charge on any atom is -0.352 e. The lowest BCUT2D eigenvalue weighted by Crippen LogP contribution is -2.31. The number of hydrogen-bond acceptors (Lipinski definition) is 2. The summed E-state index contributed by atoms with van der Waals surface area (Å²) in [5, 5.41) is 5.53. The van der Waals surface area contributed by atoms with Gasteiger partial charge in [-0.2, -0.15) is 0 Å². The third-order valence-electron chi connectivity index (χ3n) is 4.78. The van der Waals surface area contributed by atoms with Crippen LogP contribution in [-0.4, -0.2) is 11.8 Å². The summed E-state index contributed by atoms with van der Waals surface area (Å²) in [4.78, 5) is 24.4. The van der Waals surface area contributed by atoms with Gasteiger partial charge in [0.15, 0.2) is 0 Å². The molecule has 5 heteroatoms. The van der Waals surface area contributed by atoms with E-state index in [0.29, 0.717) is 12.1 Å². The average Bonchev–Trinajstić information content (AvgIpc) is 2.69. The number of rotatable bonds is 5. The van der Waals surface area contributed by atoms with E-state index in [1.165, 1.54) is 18.6 Å². The van der Waals surface area contributed by atoms with Crippen molar-refractivity contribution in [2.75, 3.05) is 5.32 Å². The van der Waals surface area contributed by atoms with E-state index in [0.717, 1.165) is 31.2 Å². The molecule has 0 radical (unpaired) electrons. The van der Waals surface area contributed by atoms with E-state index < -0.39 is 5.82 Å². The second-order valence-corrected chi connectivity index (χ2v) is 6.68. The first-order valence-electron chi connectivity index (χ1n) is 9.06. The zero-order valence-corrected chi connectivity index (χ0v) is 14.6. The van der Waals surface area contributed by atoms with Crippen molar-refractivity contribution in [1.82, 2.24) is 5.32 Å². The zero-order chi connectivity index (χ0) is 18.4. The van der Waals surface area contributed by atoms with Crippen molar-refractivity contribution >= 4 is 17.5 Å². The third-order valence-corrected chi connectivity index (χ3v) is 4.78. The van der Waals surface area contributed by atoms with Crippen LogP contribution in [0.3, 0.4) is 0 Å². The highest BCUT2D eigenvalue weighted by atomic mass is 19.1. The van der Waals surface area contributed by atoms with Gasteiger partial charge in [0.05, 0.1) is 5.69 Å². The summed E-state index contributed by atoms with van der Waals surface area (Å²) in [7, 11) is 0. The first-order valence-corrected chi connectivity index (χ1v) is 9.06. The van der Waals surface area contributed by atoms with Crippen LogP contribution in [0.1, 0.15) is 48.0 Å². The van der Waals surface area contributed by atoms with Crippen molar-refractivity contribution in [2.45, 2.75) is 38.6 Å². The minimum atomic E-state index is -0.470. The molecule has 3 rings (SSSR count). The second-order valence-electron chi connectivity index (χ2n) is 6.68. The third kappa shape index (κ3) is 4.69.